The molecular formula is C26H34O3. The zero-order chi connectivity index (χ0) is 21.6. The Morgan fingerprint density at radius 3 is 1.24 bits per heavy atom. The Kier molecular flexibility index (Phi) is 11.0. The molecule has 0 bridgehead atoms. The second kappa shape index (κ2) is 13.3. The largest absolute Gasteiger partial charge is 0.497 e. The quantitative estimate of drug-likeness (QED) is 0.485. The maximum atomic E-state index is 5.05. The standard InChI is InChI=1S/C10H14O.2C8H10O/c1-8(2)9-4-6-10(11-3)7-5-9;2*1-7-5-3-4-6-8(7)9-2/h4-8H,1-3H3;2*3-6H,1-2H3. The number of hydrogen-bond acceptors (Lipinski definition) is 3. The molecule has 0 spiro atoms. The highest BCUT2D eigenvalue weighted by Crippen LogP contribution is 2.18. The van der Waals surface area contributed by atoms with Crippen molar-refractivity contribution >= 4 is 0 Å². The molecule has 0 amide bonds. The van der Waals surface area contributed by atoms with Crippen molar-refractivity contribution in [3.8, 4) is 17.2 Å². The third-order valence-corrected chi connectivity index (χ3v) is 4.41. The smallest absolute Gasteiger partial charge is 0.121 e. The Hall–Kier alpha value is -2.94. The fraction of sp³-hybridized carbons (Fsp3) is 0.308. The van der Waals surface area contributed by atoms with Crippen molar-refractivity contribution in [2.75, 3.05) is 21.3 Å². The Bertz CT molecular complexity index is 778. The Morgan fingerprint density at radius 1 is 0.552 bits per heavy atom. The predicted octanol–water partition coefficient (Wildman–Crippen LogP) is 6.83. The van der Waals surface area contributed by atoms with Gasteiger partial charge >= 0.3 is 0 Å². The lowest BCUT2D eigenvalue weighted by atomic mass is 10.0. The van der Waals surface area contributed by atoms with Gasteiger partial charge in [0.15, 0.2) is 0 Å². The highest BCUT2D eigenvalue weighted by atomic mass is 16.5. The molecule has 0 heterocycles. The fourth-order valence-electron chi connectivity index (χ4n) is 2.56. The molecule has 3 nitrogen and oxygen atoms in total. The summed E-state index contributed by atoms with van der Waals surface area (Å²) >= 11 is 0. The van der Waals surface area contributed by atoms with E-state index in [0.29, 0.717) is 5.92 Å². The molecule has 0 aliphatic rings. The summed E-state index contributed by atoms with van der Waals surface area (Å²) in [5.74, 6) is 3.44. The zero-order valence-corrected chi connectivity index (χ0v) is 18.7. The molecule has 0 aliphatic carbocycles. The summed E-state index contributed by atoms with van der Waals surface area (Å²) in [4.78, 5) is 0. The van der Waals surface area contributed by atoms with E-state index in [-0.39, 0.29) is 0 Å². The van der Waals surface area contributed by atoms with Crippen molar-refractivity contribution < 1.29 is 14.2 Å². The number of ether oxygens (including phenoxy) is 3. The van der Waals surface area contributed by atoms with Crippen molar-refractivity contribution in [2.24, 2.45) is 0 Å². The van der Waals surface area contributed by atoms with Gasteiger partial charge in [-0.05, 0) is 60.7 Å². The molecular weight excluding hydrogens is 360 g/mol. The summed E-state index contributed by atoms with van der Waals surface area (Å²) < 4.78 is 15.1. The first-order chi connectivity index (χ1) is 13.9. The van der Waals surface area contributed by atoms with E-state index in [1.165, 1.54) is 16.7 Å². The summed E-state index contributed by atoms with van der Waals surface area (Å²) in [5.41, 5.74) is 3.71. The Labute approximate surface area is 176 Å². The molecule has 0 saturated carbocycles. The highest BCUT2D eigenvalue weighted by molar-refractivity contribution is 5.32. The van der Waals surface area contributed by atoms with Gasteiger partial charge in [-0.2, -0.15) is 0 Å². The van der Waals surface area contributed by atoms with Gasteiger partial charge in [-0.15, -0.1) is 0 Å². The lowest BCUT2D eigenvalue weighted by Crippen LogP contribution is -1.87. The number of benzene rings is 3. The highest BCUT2D eigenvalue weighted by Gasteiger charge is 1.97. The van der Waals surface area contributed by atoms with Crippen LogP contribution >= 0.6 is 0 Å². The van der Waals surface area contributed by atoms with Crippen LogP contribution in [0.4, 0.5) is 0 Å². The van der Waals surface area contributed by atoms with Gasteiger partial charge < -0.3 is 14.2 Å². The van der Waals surface area contributed by atoms with E-state index in [9.17, 15) is 0 Å². The van der Waals surface area contributed by atoms with Gasteiger partial charge in [-0.1, -0.05) is 62.4 Å². The van der Waals surface area contributed by atoms with Crippen LogP contribution in [-0.2, 0) is 0 Å². The first kappa shape index (κ1) is 24.1. The molecule has 0 saturated heterocycles. The number of methoxy groups -OCH3 is 3. The lowest BCUT2D eigenvalue weighted by molar-refractivity contribution is 0.411. The average Bonchev–Trinajstić information content (AvgIpc) is 2.75. The van der Waals surface area contributed by atoms with Crippen LogP contribution in [0.1, 0.15) is 36.5 Å². The third kappa shape index (κ3) is 8.73. The van der Waals surface area contributed by atoms with E-state index in [1.54, 1.807) is 21.3 Å². The Morgan fingerprint density at radius 2 is 0.966 bits per heavy atom. The first-order valence-electron chi connectivity index (χ1n) is 9.76. The molecule has 0 fully saturated rings. The van der Waals surface area contributed by atoms with Gasteiger partial charge in [0.2, 0.25) is 0 Å². The molecule has 0 N–H and O–H groups in total. The molecule has 3 aromatic rings. The van der Waals surface area contributed by atoms with Gasteiger partial charge in [0.1, 0.15) is 17.2 Å². The third-order valence-electron chi connectivity index (χ3n) is 4.41. The van der Waals surface area contributed by atoms with Crippen molar-refractivity contribution in [3.05, 3.63) is 89.5 Å². The van der Waals surface area contributed by atoms with Crippen LogP contribution in [0.3, 0.4) is 0 Å². The molecule has 3 heteroatoms. The molecule has 0 aromatic heterocycles. The first-order valence-corrected chi connectivity index (χ1v) is 9.76. The molecule has 0 aliphatic heterocycles. The SMILES string of the molecule is COc1ccc(C(C)C)cc1.COc1ccccc1C.COc1ccccc1C. The molecule has 3 rings (SSSR count). The van der Waals surface area contributed by atoms with Gasteiger partial charge in [0.25, 0.3) is 0 Å². The summed E-state index contributed by atoms with van der Waals surface area (Å²) in [6.07, 6.45) is 0. The zero-order valence-electron chi connectivity index (χ0n) is 18.7. The number of aryl methyl sites for hydroxylation is 2. The van der Waals surface area contributed by atoms with Gasteiger partial charge in [-0.25, -0.2) is 0 Å². The van der Waals surface area contributed by atoms with Gasteiger partial charge in [0.05, 0.1) is 21.3 Å². The predicted molar refractivity (Wildman–Crippen MR) is 123 cm³/mol. The van der Waals surface area contributed by atoms with E-state index in [1.807, 2.05) is 74.5 Å². The summed E-state index contributed by atoms with van der Waals surface area (Å²) in [5, 5.41) is 0. The molecule has 0 radical (unpaired) electrons. The van der Waals surface area contributed by atoms with Crippen LogP contribution < -0.4 is 14.2 Å². The minimum atomic E-state index is 0.598. The lowest BCUT2D eigenvalue weighted by Gasteiger charge is -2.05. The van der Waals surface area contributed by atoms with E-state index in [4.69, 9.17) is 14.2 Å². The number of hydrogen-bond donors (Lipinski definition) is 0. The second-order valence-electron chi connectivity index (χ2n) is 6.87. The number of para-hydroxylation sites is 2. The molecule has 0 unspecified atom stereocenters. The van der Waals surface area contributed by atoms with E-state index in [0.717, 1.165) is 17.2 Å². The van der Waals surface area contributed by atoms with Crippen LogP contribution in [0.15, 0.2) is 72.8 Å². The van der Waals surface area contributed by atoms with Crippen LogP contribution in [0, 0.1) is 13.8 Å². The average molecular weight is 395 g/mol. The number of rotatable bonds is 4. The van der Waals surface area contributed by atoms with Crippen LogP contribution in [-0.4, -0.2) is 21.3 Å². The van der Waals surface area contributed by atoms with Crippen LogP contribution in [0.5, 0.6) is 17.2 Å². The Balaban J connectivity index is 0.000000219. The minimum Gasteiger partial charge on any atom is -0.497 e. The van der Waals surface area contributed by atoms with E-state index < -0.39 is 0 Å². The maximum absolute atomic E-state index is 5.05. The molecule has 29 heavy (non-hydrogen) atoms. The summed E-state index contributed by atoms with van der Waals surface area (Å²) in [7, 11) is 5.05. The van der Waals surface area contributed by atoms with Crippen molar-refractivity contribution in [1.29, 1.82) is 0 Å². The van der Waals surface area contributed by atoms with Crippen molar-refractivity contribution in [3.63, 3.8) is 0 Å². The normalized spacial score (nSPS) is 9.52. The second-order valence-corrected chi connectivity index (χ2v) is 6.87. The maximum Gasteiger partial charge on any atom is 0.121 e. The topological polar surface area (TPSA) is 27.7 Å². The van der Waals surface area contributed by atoms with Crippen LogP contribution in [0.2, 0.25) is 0 Å². The monoisotopic (exact) mass is 394 g/mol. The van der Waals surface area contributed by atoms with E-state index >= 15 is 0 Å². The summed E-state index contributed by atoms with van der Waals surface area (Å²) in [6, 6.07) is 24.1. The molecule has 3 aromatic carbocycles. The van der Waals surface area contributed by atoms with Crippen molar-refractivity contribution in [2.45, 2.75) is 33.6 Å². The minimum absolute atomic E-state index is 0.598. The van der Waals surface area contributed by atoms with Crippen LogP contribution in [0.25, 0.3) is 0 Å². The molecule has 0 atom stereocenters. The fourth-order valence-corrected chi connectivity index (χ4v) is 2.56. The van der Waals surface area contributed by atoms with E-state index in [2.05, 4.69) is 26.0 Å². The summed E-state index contributed by atoms with van der Waals surface area (Å²) in [6.45, 7) is 8.42. The van der Waals surface area contributed by atoms with Gasteiger partial charge in [0, 0.05) is 0 Å². The van der Waals surface area contributed by atoms with Crippen molar-refractivity contribution in [1.82, 2.24) is 0 Å². The molecule has 156 valence electrons. The van der Waals surface area contributed by atoms with Gasteiger partial charge in [-0.3, -0.25) is 0 Å².